The molecule has 0 heterocycles. The van der Waals surface area contributed by atoms with Gasteiger partial charge in [0.05, 0.1) is 0 Å². The van der Waals surface area contributed by atoms with E-state index in [2.05, 4.69) is 80.4 Å². The van der Waals surface area contributed by atoms with Crippen molar-refractivity contribution >= 4 is 31.9 Å². The Balaban J connectivity index is 1.69. The molecule has 6 atom stereocenters. The molecule has 0 spiro atoms. The highest BCUT2D eigenvalue weighted by Gasteiger charge is 2.63. The minimum absolute atomic E-state index is 0.527. The third-order valence-electron chi connectivity index (χ3n) is 5.64. The van der Waals surface area contributed by atoms with Gasteiger partial charge in [0.2, 0.25) is 0 Å². The van der Waals surface area contributed by atoms with Gasteiger partial charge in [-0.25, -0.2) is 0 Å². The van der Waals surface area contributed by atoms with Gasteiger partial charge in [0.25, 0.3) is 0 Å². The van der Waals surface area contributed by atoms with Gasteiger partial charge in [-0.05, 0) is 45.9 Å². The summed E-state index contributed by atoms with van der Waals surface area (Å²) >= 11 is 7.96. The lowest BCUT2D eigenvalue weighted by Crippen LogP contribution is -2.40. The van der Waals surface area contributed by atoms with Crippen LogP contribution in [-0.2, 0) is 0 Å². The molecule has 100 valence electrons. The van der Waals surface area contributed by atoms with Crippen LogP contribution >= 0.6 is 31.9 Å². The SMILES string of the molecule is Br[C@@H]1c2ccccc2[C@@H]2[C@@H]3c4ccccc4[C@H](Br)[C@H]3[C@@H]21. The molecule has 0 aliphatic heterocycles. The van der Waals surface area contributed by atoms with Crippen LogP contribution in [0.4, 0.5) is 0 Å². The number of halogens is 2. The lowest BCUT2D eigenvalue weighted by atomic mass is 9.57. The van der Waals surface area contributed by atoms with Crippen molar-refractivity contribution in [3.05, 3.63) is 70.8 Å². The summed E-state index contributed by atoms with van der Waals surface area (Å²) in [6.07, 6.45) is 0. The number of fused-ring (bicyclic) bond motifs is 8. The average Bonchev–Trinajstić information content (AvgIpc) is 2.82. The van der Waals surface area contributed by atoms with Crippen LogP contribution in [0.3, 0.4) is 0 Å². The first kappa shape index (κ1) is 12.0. The van der Waals surface area contributed by atoms with E-state index in [1.54, 1.807) is 11.1 Å². The van der Waals surface area contributed by atoms with E-state index in [1.165, 1.54) is 11.1 Å². The normalized spacial score (nSPS) is 39.5. The standard InChI is InChI=1S/C18H14Br2/c19-17-11-7-3-1-5-9(11)13-14-10-6-2-4-8-12(10)18(20)16(14)15(13)17/h1-8,13-18H/t13-,14+,15-,16-,17-,18+/m1/s1. The maximum Gasteiger partial charge on any atom is 0.0435 e. The molecule has 2 aromatic rings. The molecule has 0 aromatic heterocycles. The Kier molecular flexibility index (Phi) is 2.39. The van der Waals surface area contributed by atoms with E-state index < -0.39 is 0 Å². The van der Waals surface area contributed by atoms with Gasteiger partial charge in [-0.2, -0.15) is 0 Å². The summed E-state index contributed by atoms with van der Waals surface area (Å²) in [6, 6.07) is 18.0. The van der Waals surface area contributed by atoms with Crippen molar-refractivity contribution in [1.29, 1.82) is 0 Å². The van der Waals surface area contributed by atoms with Crippen LogP contribution in [0.25, 0.3) is 0 Å². The number of rotatable bonds is 0. The fraction of sp³-hybridized carbons (Fsp3) is 0.333. The van der Waals surface area contributed by atoms with Crippen molar-refractivity contribution in [2.45, 2.75) is 21.5 Å². The van der Waals surface area contributed by atoms with Crippen molar-refractivity contribution in [2.24, 2.45) is 11.8 Å². The predicted molar refractivity (Wildman–Crippen MR) is 88.7 cm³/mol. The zero-order valence-electron chi connectivity index (χ0n) is 10.8. The molecule has 3 aliphatic rings. The summed E-state index contributed by atoms with van der Waals surface area (Å²) < 4.78 is 0. The summed E-state index contributed by atoms with van der Waals surface area (Å²) in [4.78, 5) is 1.05. The number of hydrogen-bond donors (Lipinski definition) is 0. The van der Waals surface area contributed by atoms with Crippen molar-refractivity contribution in [2.75, 3.05) is 0 Å². The first-order valence-electron chi connectivity index (χ1n) is 7.25. The Morgan fingerprint density at radius 3 is 1.30 bits per heavy atom. The topological polar surface area (TPSA) is 0 Å². The van der Waals surface area contributed by atoms with Crippen LogP contribution in [0.5, 0.6) is 0 Å². The fourth-order valence-electron chi connectivity index (χ4n) is 4.91. The predicted octanol–water partition coefficient (Wildman–Crippen LogP) is 5.70. The van der Waals surface area contributed by atoms with Gasteiger partial charge in [-0.1, -0.05) is 80.4 Å². The molecule has 0 nitrogen and oxygen atoms in total. The quantitative estimate of drug-likeness (QED) is 0.507. The molecule has 1 fully saturated rings. The van der Waals surface area contributed by atoms with Crippen LogP contribution < -0.4 is 0 Å². The van der Waals surface area contributed by atoms with Gasteiger partial charge in [0.15, 0.2) is 0 Å². The minimum Gasteiger partial charge on any atom is -0.0835 e. The van der Waals surface area contributed by atoms with Crippen molar-refractivity contribution in [3.63, 3.8) is 0 Å². The van der Waals surface area contributed by atoms with Crippen LogP contribution in [0, 0.1) is 11.8 Å². The minimum atomic E-state index is 0.527. The molecule has 0 saturated heterocycles. The summed E-state index contributed by atoms with van der Waals surface area (Å²) in [5.41, 5.74) is 6.21. The van der Waals surface area contributed by atoms with E-state index in [0.29, 0.717) is 21.5 Å². The Morgan fingerprint density at radius 1 is 0.550 bits per heavy atom. The van der Waals surface area contributed by atoms with Crippen LogP contribution in [0.2, 0.25) is 0 Å². The maximum absolute atomic E-state index is 3.98. The van der Waals surface area contributed by atoms with Gasteiger partial charge in [0, 0.05) is 9.65 Å². The average molecular weight is 390 g/mol. The second kappa shape index (κ2) is 3.98. The molecule has 0 N–H and O–H groups in total. The Morgan fingerprint density at radius 2 is 0.900 bits per heavy atom. The zero-order chi connectivity index (χ0) is 13.4. The van der Waals surface area contributed by atoms with Gasteiger partial charge < -0.3 is 0 Å². The molecule has 0 bridgehead atoms. The summed E-state index contributed by atoms with van der Waals surface area (Å²) in [6.45, 7) is 0. The van der Waals surface area contributed by atoms with Crippen molar-refractivity contribution < 1.29 is 0 Å². The molecular formula is C18H14Br2. The number of alkyl halides is 2. The molecule has 0 unspecified atom stereocenters. The highest BCUT2D eigenvalue weighted by atomic mass is 79.9. The second-order valence-corrected chi connectivity index (χ2v) is 8.24. The Hall–Kier alpha value is -0.600. The molecule has 5 rings (SSSR count). The molecule has 2 aromatic carbocycles. The van der Waals surface area contributed by atoms with Crippen LogP contribution in [0.15, 0.2) is 48.5 Å². The lowest BCUT2D eigenvalue weighted by Gasteiger charge is -2.48. The second-order valence-electron chi connectivity index (χ2n) is 6.27. The van der Waals surface area contributed by atoms with E-state index in [0.717, 1.165) is 11.8 Å². The van der Waals surface area contributed by atoms with Crippen molar-refractivity contribution in [1.82, 2.24) is 0 Å². The monoisotopic (exact) mass is 388 g/mol. The van der Waals surface area contributed by atoms with E-state index in [4.69, 9.17) is 0 Å². The third-order valence-corrected chi connectivity index (χ3v) is 7.85. The molecule has 2 heteroatoms. The van der Waals surface area contributed by atoms with Gasteiger partial charge in [-0.15, -0.1) is 0 Å². The van der Waals surface area contributed by atoms with Crippen LogP contribution in [-0.4, -0.2) is 0 Å². The van der Waals surface area contributed by atoms with E-state index in [1.807, 2.05) is 0 Å². The van der Waals surface area contributed by atoms with E-state index in [-0.39, 0.29) is 0 Å². The van der Waals surface area contributed by atoms with Gasteiger partial charge in [0.1, 0.15) is 0 Å². The zero-order valence-corrected chi connectivity index (χ0v) is 14.0. The van der Waals surface area contributed by atoms with Crippen LogP contribution in [0.1, 0.15) is 43.7 Å². The van der Waals surface area contributed by atoms with E-state index >= 15 is 0 Å². The molecule has 3 aliphatic carbocycles. The van der Waals surface area contributed by atoms with Gasteiger partial charge in [-0.3, -0.25) is 0 Å². The van der Waals surface area contributed by atoms with E-state index in [9.17, 15) is 0 Å². The lowest BCUT2D eigenvalue weighted by molar-refractivity contribution is 0.121. The Bertz CT molecular complexity index is 647. The summed E-state index contributed by atoms with van der Waals surface area (Å²) in [5, 5.41) is 0. The highest BCUT2D eigenvalue weighted by molar-refractivity contribution is 9.09. The number of hydrogen-bond acceptors (Lipinski definition) is 0. The molecule has 0 amide bonds. The van der Waals surface area contributed by atoms with Crippen molar-refractivity contribution in [3.8, 4) is 0 Å². The smallest absolute Gasteiger partial charge is 0.0435 e. The molecule has 1 saturated carbocycles. The molecule has 0 radical (unpaired) electrons. The molecular weight excluding hydrogens is 376 g/mol. The van der Waals surface area contributed by atoms with Gasteiger partial charge >= 0.3 is 0 Å². The number of benzene rings is 2. The maximum atomic E-state index is 3.98. The first-order chi connectivity index (χ1) is 9.79. The highest BCUT2D eigenvalue weighted by Crippen LogP contribution is 2.75. The third kappa shape index (κ3) is 1.24. The largest absolute Gasteiger partial charge is 0.0835 e. The Labute approximate surface area is 135 Å². The summed E-state index contributed by atoms with van der Waals surface area (Å²) in [7, 11) is 0. The first-order valence-corrected chi connectivity index (χ1v) is 9.08. The summed E-state index contributed by atoms with van der Waals surface area (Å²) in [5.74, 6) is 2.91. The fourth-order valence-corrected chi connectivity index (χ4v) is 7.11. The molecule has 20 heavy (non-hydrogen) atoms.